The third-order valence-electron chi connectivity index (χ3n) is 9.40. The van der Waals surface area contributed by atoms with Crippen molar-refractivity contribution in [1.29, 1.82) is 0 Å². The molecule has 3 atom stereocenters. The van der Waals surface area contributed by atoms with Gasteiger partial charge >= 0.3 is 0 Å². The van der Waals surface area contributed by atoms with Crippen molar-refractivity contribution in [3.8, 4) is 40.1 Å². The molecule has 52 heavy (non-hydrogen) atoms. The second kappa shape index (κ2) is 14.1. The number of amides is 1. The van der Waals surface area contributed by atoms with Crippen LogP contribution in [0.4, 0.5) is 5.69 Å². The smallest absolute Gasteiger partial charge is 0.246 e. The molecule has 0 fully saturated rings. The van der Waals surface area contributed by atoms with Gasteiger partial charge in [0.25, 0.3) is 0 Å². The minimum atomic E-state index is -2.07. The second-order valence-electron chi connectivity index (χ2n) is 12.7. The van der Waals surface area contributed by atoms with E-state index in [-0.39, 0.29) is 70.2 Å². The van der Waals surface area contributed by atoms with Crippen LogP contribution in [0.15, 0.2) is 64.4 Å². The van der Waals surface area contributed by atoms with Crippen molar-refractivity contribution < 1.29 is 48.1 Å². The second-order valence-corrected chi connectivity index (χ2v) is 13.1. The van der Waals surface area contributed by atoms with Crippen LogP contribution < -0.4 is 29.2 Å². The highest BCUT2D eigenvalue weighted by atomic mass is 35.5. The number of ether oxygens (including phenoxy) is 4. The molecule has 6 rings (SSSR count). The van der Waals surface area contributed by atoms with Gasteiger partial charge in [-0.15, -0.1) is 0 Å². The monoisotopic (exact) mass is 732 g/mol. The van der Waals surface area contributed by atoms with Crippen LogP contribution in [-0.4, -0.2) is 78.9 Å². The van der Waals surface area contributed by atoms with E-state index in [0.29, 0.717) is 11.4 Å². The molecule has 3 aromatic carbocycles. The number of halogens is 1. The molecular weight excluding hydrogens is 696 g/mol. The molecule has 15 heteroatoms. The van der Waals surface area contributed by atoms with Gasteiger partial charge in [0.2, 0.25) is 29.0 Å². The van der Waals surface area contributed by atoms with Crippen molar-refractivity contribution in [3.63, 3.8) is 0 Å². The number of rotatable bonds is 11. The predicted octanol–water partition coefficient (Wildman–Crippen LogP) is 5.41. The number of aromatic hydroxyl groups is 1. The summed E-state index contributed by atoms with van der Waals surface area (Å²) < 4.78 is 27.8. The summed E-state index contributed by atoms with van der Waals surface area (Å²) in [6.45, 7) is 1.47. The summed E-state index contributed by atoms with van der Waals surface area (Å²) in [7, 11) is 7.96. The van der Waals surface area contributed by atoms with Crippen molar-refractivity contribution >= 4 is 34.8 Å². The number of nitrogens with zero attached hydrogens (tertiary/aromatic N) is 3. The molecule has 0 bridgehead atoms. The van der Waals surface area contributed by atoms with Crippen LogP contribution in [0.25, 0.3) is 11.4 Å². The zero-order valence-electron chi connectivity index (χ0n) is 29.3. The molecule has 2 heterocycles. The Labute approximate surface area is 303 Å². The van der Waals surface area contributed by atoms with Crippen LogP contribution >= 0.6 is 11.6 Å². The van der Waals surface area contributed by atoms with E-state index in [1.807, 2.05) is 43.3 Å². The van der Waals surface area contributed by atoms with Crippen LogP contribution in [0.1, 0.15) is 47.5 Å². The molecular formula is C37H37ClN4O10. The number of Topliss-reactive ketones (excluding diaryl/α,β-unsaturated/α-hetero) is 2. The molecule has 1 unspecified atom stereocenters. The molecule has 1 aliphatic heterocycles. The van der Waals surface area contributed by atoms with Crippen molar-refractivity contribution in [2.75, 3.05) is 40.3 Å². The number of fused-ring (bicyclic) bond motifs is 1. The van der Waals surface area contributed by atoms with Crippen LogP contribution in [-0.2, 0) is 16.1 Å². The number of methoxy groups -OCH3 is 3. The lowest BCUT2D eigenvalue weighted by atomic mass is 9.69. The summed E-state index contributed by atoms with van der Waals surface area (Å²) in [5.74, 6) is -3.83. The maximum atomic E-state index is 14.3. The van der Waals surface area contributed by atoms with E-state index in [1.165, 1.54) is 45.6 Å². The van der Waals surface area contributed by atoms with Crippen LogP contribution in [0.5, 0.6) is 28.7 Å². The Morgan fingerprint density at radius 1 is 1.04 bits per heavy atom. The minimum Gasteiger partial charge on any atom is -0.507 e. The Hall–Kier alpha value is -5.76. The van der Waals surface area contributed by atoms with Gasteiger partial charge in [0, 0.05) is 61.7 Å². The Bertz CT molecular complexity index is 2090. The van der Waals surface area contributed by atoms with E-state index < -0.39 is 40.7 Å². The first kappa shape index (κ1) is 36.0. The van der Waals surface area contributed by atoms with Gasteiger partial charge in [0.15, 0.2) is 28.8 Å². The summed E-state index contributed by atoms with van der Waals surface area (Å²) in [6, 6.07) is 13.3. The van der Waals surface area contributed by atoms with Crippen LogP contribution in [0, 0.1) is 5.92 Å². The van der Waals surface area contributed by atoms with Crippen molar-refractivity contribution in [2.24, 2.45) is 5.92 Å². The van der Waals surface area contributed by atoms with Crippen molar-refractivity contribution in [1.82, 2.24) is 15.5 Å². The molecule has 0 saturated carbocycles. The molecule has 1 spiro atoms. The van der Waals surface area contributed by atoms with E-state index in [1.54, 1.807) is 6.92 Å². The molecule has 1 amide bonds. The fourth-order valence-electron chi connectivity index (χ4n) is 6.62. The predicted molar refractivity (Wildman–Crippen MR) is 189 cm³/mol. The average molecular weight is 733 g/mol. The number of hydrogen-bond acceptors (Lipinski definition) is 13. The number of aliphatic hydroxyl groups is 1. The number of hydrogen-bond donors (Lipinski definition) is 3. The Balaban J connectivity index is 1.35. The summed E-state index contributed by atoms with van der Waals surface area (Å²) in [5, 5.41) is 29.2. The zero-order valence-corrected chi connectivity index (χ0v) is 30.0. The largest absolute Gasteiger partial charge is 0.507 e. The summed E-state index contributed by atoms with van der Waals surface area (Å²) >= 11 is 6.59. The first-order valence-electron chi connectivity index (χ1n) is 16.2. The lowest BCUT2D eigenvalue weighted by Gasteiger charge is -2.38. The SMILES string of the molecule is COc1cc(C(CC(=O)NCc2nc(-c3ccc(N(C)C)cc3)no2)C2=C(O)[C@@]3(Oc4c(Cl)c(OC)cc(OC)c4C3=O)[C@H](C)CC2=O)ccc1O. The molecule has 2 aliphatic rings. The summed E-state index contributed by atoms with van der Waals surface area (Å²) in [5.41, 5.74) is -0.256. The van der Waals surface area contributed by atoms with E-state index in [4.69, 9.17) is 35.1 Å². The zero-order chi connectivity index (χ0) is 37.5. The number of benzene rings is 3. The third-order valence-corrected chi connectivity index (χ3v) is 9.76. The summed E-state index contributed by atoms with van der Waals surface area (Å²) in [4.78, 5) is 48.2. The van der Waals surface area contributed by atoms with E-state index >= 15 is 0 Å². The maximum absolute atomic E-state index is 14.3. The van der Waals surface area contributed by atoms with Gasteiger partial charge < -0.3 is 43.9 Å². The van der Waals surface area contributed by atoms with E-state index in [0.717, 1.165) is 11.3 Å². The molecule has 1 aromatic heterocycles. The fourth-order valence-corrected chi connectivity index (χ4v) is 6.89. The number of carbonyl (C=O) groups is 3. The fraction of sp³-hybridized carbons (Fsp3) is 0.324. The Morgan fingerprint density at radius 3 is 2.38 bits per heavy atom. The van der Waals surface area contributed by atoms with Gasteiger partial charge in [-0.25, -0.2) is 0 Å². The highest BCUT2D eigenvalue weighted by Crippen LogP contribution is 2.56. The number of allylic oxidation sites excluding steroid dienone is 1. The molecule has 14 nitrogen and oxygen atoms in total. The van der Waals surface area contributed by atoms with Crippen LogP contribution in [0.3, 0.4) is 0 Å². The molecule has 0 radical (unpaired) electrons. The van der Waals surface area contributed by atoms with Gasteiger partial charge in [-0.3, -0.25) is 14.4 Å². The van der Waals surface area contributed by atoms with Crippen LogP contribution in [0.2, 0.25) is 5.02 Å². The number of ketones is 2. The number of anilines is 1. The molecule has 272 valence electrons. The Morgan fingerprint density at radius 2 is 1.73 bits per heavy atom. The molecule has 0 saturated heterocycles. The number of aromatic nitrogens is 2. The van der Waals surface area contributed by atoms with Gasteiger partial charge in [-0.1, -0.05) is 29.7 Å². The average Bonchev–Trinajstić information content (AvgIpc) is 3.74. The highest BCUT2D eigenvalue weighted by Gasteiger charge is 2.61. The number of phenolic OH excluding ortho intramolecular Hbond substituents is 1. The van der Waals surface area contributed by atoms with Gasteiger partial charge in [0.1, 0.15) is 22.1 Å². The first-order chi connectivity index (χ1) is 24.8. The Kier molecular flexibility index (Phi) is 9.77. The van der Waals surface area contributed by atoms with E-state index in [9.17, 15) is 24.6 Å². The number of phenols is 1. The topological polar surface area (TPSA) is 183 Å². The van der Waals surface area contributed by atoms with Crippen molar-refractivity contribution in [3.05, 3.63) is 81.9 Å². The third kappa shape index (κ3) is 6.12. The summed E-state index contributed by atoms with van der Waals surface area (Å²) in [6.07, 6.45) is -0.598. The van der Waals surface area contributed by atoms with Gasteiger partial charge in [0.05, 0.1) is 27.9 Å². The lowest BCUT2D eigenvalue weighted by molar-refractivity contribution is -0.122. The number of carbonyl (C=O) groups excluding carboxylic acids is 3. The van der Waals surface area contributed by atoms with Gasteiger partial charge in [-0.2, -0.15) is 4.98 Å². The standard InChI is InChI=1S/C37H37ClN4O10/c1-18-13-24(44)30(34(46)37(18)35(47)31-26(49-5)16-27(50-6)32(38)33(31)51-37)22(20-9-12-23(43)25(14-20)48-4)15-28(45)39-17-29-40-36(41-52-29)19-7-10-21(11-8-19)42(2)3/h7-12,14,16,18,22,43,46H,13,15,17H2,1-6H3,(H,39,45)/t18-,22?,37+/m1/s1. The first-order valence-corrected chi connectivity index (χ1v) is 16.6. The number of aliphatic hydroxyl groups excluding tert-OH is 1. The minimum absolute atomic E-state index is 0.0177. The van der Waals surface area contributed by atoms with Crippen molar-refractivity contribution in [2.45, 2.75) is 37.8 Å². The van der Waals surface area contributed by atoms with Gasteiger partial charge in [-0.05, 0) is 42.0 Å². The molecule has 4 aromatic rings. The normalized spacial score (nSPS) is 18.6. The quantitative estimate of drug-likeness (QED) is 0.178. The number of nitrogens with one attached hydrogen (secondary N) is 1. The van der Waals surface area contributed by atoms with E-state index in [2.05, 4.69) is 15.5 Å². The molecule has 3 N–H and O–H groups in total. The molecule has 1 aliphatic carbocycles. The maximum Gasteiger partial charge on any atom is 0.246 e. The lowest BCUT2D eigenvalue weighted by Crippen LogP contribution is -2.53. The highest BCUT2D eigenvalue weighted by molar-refractivity contribution is 6.35.